The number of aryl methyl sites for hydroxylation is 1. The summed E-state index contributed by atoms with van der Waals surface area (Å²) in [6, 6.07) is 8.32. The molecule has 2 heterocycles. The van der Waals surface area contributed by atoms with E-state index in [1.807, 2.05) is 4.90 Å². The minimum absolute atomic E-state index is 0.202. The first-order valence-electron chi connectivity index (χ1n) is 9.13. The number of likely N-dealkylation sites (tertiary alicyclic amines) is 1. The number of hydrogen-bond donors (Lipinski definition) is 1. The molecule has 3 rings (SSSR count). The van der Waals surface area contributed by atoms with E-state index in [0.29, 0.717) is 17.6 Å². The van der Waals surface area contributed by atoms with Crippen LogP contribution in [0.15, 0.2) is 28.6 Å². The van der Waals surface area contributed by atoms with Crippen molar-refractivity contribution in [1.82, 2.24) is 15.1 Å². The molecule has 1 aromatic carbocycles. The van der Waals surface area contributed by atoms with Crippen LogP contribution in [0.5, 0.6) is 0 Å². The standard InChI is InChI=1S/C19H26N4OS2/c1-4-15-5-7-16(8-6-15)20-18-21-22-19(26-18)25-12-17(24)23-10-13(2)9-14(3)11-23/h5-8,13-14H,4,9-12H2,1-3H3,(H,20,21). The lowest BCUT2D eigenvalue weighted by Crippen LogP contribution is -2.43. The van der Waals surface area contributed by atoms with Gasteiger partial charge in [0.25, 0.3) is 0 Å². The number of carbonyl (C=O) groups excluding carboxylic acids is 1. The zero-order chi connectivity index (χ0) is 18.5. The van der Waals surface area contributed by atoms with Gasteiger partial charge in [-0.15, -0.1) is 10.2 Å². The number of hydrogen-bond acceptors (Lipinski definition) is 6. The fourth-order valence-corrected chi connectivity index (χ4v) is 5.02. The van der Waals surface area contributed by atoms with Crippen molar-refractivity contribution in [2.24, 2.45) is 11.8 Å². The highest BCUT2D eigenvalue weighted by molar-refractivity contribution is 8.01. The van der Waals surface area contributed by atoms with E-state index < -0.39 is 0 Å². The van der Waals surface area contributed by atoms with E-state index in [1.165, 1.54) is 35.1 Å². The van der Waals surface area contributed by atoms with Crippen LogP contribution in [0, 0.1) is 11.8 Å². The summed E-state index contributed by atoms with van der Waals surface area (Å²) in [5.41, 5.74) is 2.31. The van der Waals surface area contributed by atoms with E-state index >= 15 is 0 Å². The third-order valence-corrected chi connectivity index (χ3v) is 6.52. The Hall–Kier alpha value is -1.60. The molecule has 7 heteroatoms. The predicted molar refractivity (Wildman–Crippen MR) is 109 cm³/mol. The number of benzene rings is 1. The van der Waals surface area contributed by atoms with Gasteiger partial charge in [0, 0.05) is 18.8 Å². The van der Waals surface area contributed by atoms with Crippen LogP contribution >= 0.6 is 23.1 Å². The monoisotopic (exact) mass is 390 g/mol. The van der Waals surface area contributed by atoms with Gasteiger partial charge in [0.1, 0.15) is 0 Å². The summed E-state index contributed by atoms with van der Waals surface area (Å²) in [4.78, 5) is 14.5. The lowest BCUT2D eigenvalue weighted by atomic mass is 9.92. The molecule has 1 N–H and O–H groups in total. The quantitative estimate of drug-likeness (QED) is 0.739. The van der Waals surface area contributed by atoms with Crippen molar-refractivity contribution >= 4 is 39.8 Å². The molecule has 0 bridgehead atoms. The van der Waals surface area contributed by atoms with E-state index in [0.717, 1.165) is 34.7 Å². The molecule has 140 valence electrons. The van der Waals surface area contributed by atoms with E-state index in [-0.39, 0.29) is 5.91 Å². The topological polar surface area (TPSA) is 58.1 Å². The summed E-state index contributed by atoms with van der Waals surface area (Å²) in [7, 11) is 0. The maximum Gasteiger partial charge on any atom is 0.233 e. The molecule has 1 fully saturated rings. The number of thioether (sulfide) groups is 1. The first-order valence-corrected chi connectivity index (χ1v) is 10.9. The van der Waals surface area contributed by atoms with Crippen molar-refractivity contribution in [1.29, 1.82) is 0 Å². The molecular weight excluding hydrogens is 364 g/mol. The van der Waals surface area contributed by atoms with Gasteiger partial charge in [0.05, 0.1) is 5.75 Å². The average Bonchev–Trinajstić information content (AvgIpc) is 3.07. The second-order valence-corrected chi connectivity index (χ2v) is 9.28. The Balaban J connectivity index is 1.50. The van der Waals surface area contributed by atoms with Gasteiger partial charge in [0.2, 0.25) is 11.0 Å². The van der Waals surface area contributed by atoms with Gasteiger partial charge in [-0.05, 0) is 42.4 Å². The van der Waals surface area contributed by atoms with Crippen molar-refractivity contribution in [2.45, 2.75) is 38.0 Å². The van der Waals surface area contributed by atoms with Gasteiger partial charge < -0.3 is 10.2 Å². The molecule has 26 heavy (non-hydrogen) atoms. The fourth-order valence-electron chi connectivity index (χ4n) is 3.35. The van der Waals surface area contributed by atoms with Gasteiger partial charge in [0.15, 0.2) is 4.34 Å². The Bertz CT molecular complexity index is 721. The zero-order valence-electron chi connectivity index (χ0n) is 15.6. The summed E-state index contributed by atoms with van der Waals surface area (Å²) in [5, 5.41) is 12.4. The van der Waals surface area contributed by atoms with Crippen LogP contribution in [0.25, 0.3) is 0 Å². The number of amides is 1. The highest BCUT2D eigenvalue weighted by Crippen LogP contribution is 2.29. The molecule has 0 aliphatic carbocycles. The molecule has 2 atom stereocenters. The van der Waals surface area contributed by atoms with E-state index in [9.17, 15) is 4.79 Å². The molecule has 0 saturated carbocycles. The van der Waals surface area contributed by atoms with Gasteiger partial charge in [-0.2, -0.15) is 0 Å². The normalized spacial score (nSPS) is 20.2. The number of nitrogens with one attached hydrogen (secondary N) is 1. The van der Waals surface area contributed by atoms with Crippen LogP contribution in [0.1, 0.15) is 32.8 Å². The molecule has 1 amide bonds. The molecule has 1 aliphatic rings. The highest BCUT2D eigenvalue weighted by atomic mass is 32.2. The smallest absolute Gasteiger partial charge is 0.233 e. The third kappa shape index (κ3) is 5.20. The SMILES string of the molecule is CCc1ccc(Nc2nnc(SCC(=O)N3CC(C)CC(C)C3)s2)cc1. The van der Waals surface area contributed by atoms with Crippen LogP contribution in [0.3, 0.4) is 0 Å². The Morgan fingerprint density at radius 1 is 1.23 bits per heavy atom. The minimum atomic E-state index is 0.202. The Labute approximate surface area is 163 Å². The maximum absolute atomic E-state index is 12.5. The fraction of sp³-hybridized carbons (Fsp3) is 0.526. The molecule has 5 nitrogen and oxygen atoms in total. The maximum atomic E-state index is 12.5. The lowest BCUT2D eigenvalue weighted by Gasteiger charge is -2.34. The number of piperidine rings is 1. The molecule has 2 aromatic rings. The minimum Gasteiger partial charge on any atom is -0.341 e. The first-order chi connectivity index (χ1) is 12.5. The Morgan fingerprint density at radius 3 is 2.58 bits per heavy atom. The van der Waals surface area contributed by atoms with Crippen LogP contribution in [0.4, 0.5) is 10.8 Å². The molecule has 1 aromatic heterocycles. The number of nitrogens with zero attached hydrogens (tertiary/aromatic N) is 3. The number of carbonyl (C=O) groups is 1. The lowest BCUT2D eigenvalue weighted by molar-refractivity contribution is -0.130. The van der Waals surface area contributed by atoms with Crippen LogP contribution in [-0.2, 0) is 11.2 Å². The second kappa shape index (κ2) is 8.86. The first kappa shape index (κ1) is 19.2. The number of rotatable bonds is 6. The molecule has 2 unspecified atom stereocenters. The van der Waals surface area contributed by atoms with Crippen molar-refractivity contribution in [3.05, 3.63) is 29.8 Å². The molecule has 1 aliphatic heterocycles. The summed E-state index contributed by atoms with van der Waals surface area (Å²) in [6.45, 7) is 8.33. The van der Waals surface area contributed by atoms with Crippen LogP contribution < -0.4 is 5.32 Å². The Kier molecular flexibility index (Phi) is 6.53. The van der Waals surface area contributed by atoms with Crippen molar-refractivity contribution in [3.8, 4) is 0 Å². The van der Waals surface area contributed by atoms with E-state index in [1.54, 1.807) is 0 Å². The van der Waals surface area contributed by atoms with Gasteiger partial charge >= 0.3 is 0 Å². The highest BCUT2D eigenvalue weighted by Gasteiger charge is 2.25. The molecular formula is C19H26N4OS2. The second-order valence-electron chi connectivity index (χ2n) is 7.08. The van der Waals surface area contributed by atoms with E-state index in [2.05, 4.69) is 60.6 Å². The molecule has 0 radical (unpaired) electrons. The number of aromatic nitrogens is 2. The Morgan fingerprint density at radius 2 is 1.92 bits per heavy atom. The summed E-state index contributed by atoms with van der Waals surface area (Å²) in [6.07, 6.45) is 2.24. The largest absolute Gasteiger partial charge is 0.341 e. The zero-order valence-corrected chi connectivity index (χ0v) is 17.2. The molecule has 0 spiro atoms. The van der Waals surface area contributed by atoms with Crippen molar-refractivity contribution in [3.63, 3.8) is 0 Å². The van der Waals surface area contributed by atoms with Gasteiger partial charge in [-0.3, -0.25) is 4.79 Å². The average molecular weight is 391 g/mol. The number of anilines is 2. The predicted octanol–water partition coefficient (Wildman–Crippen LogP) is 4.44. The third-order valence-electron chi connectivity index (χ3n) is 4.56. The van der Waals surface area contributed by atoms with Gasteiger partial charge in [-0.25, -0.2) is 0 Å². The van der Waals surface area contributed by atoms with Crippen molar-refractivity contribution in [2.75, 3.05) is 24.2 Å². The van der Waals surface area contributed by atoms with E-state index in [4.69, 9.17) is 0 Å². The summed E-state index contributed by atoms with van der Waals surface area (Å²) >= 11 is 2.96. The summed E-state index contributed by atoms with van der Waals surface area (Å²) in [5.74, 6) is 1.81. The van der Waals surface area contributed by atoms with Crippen LogP contribution in [0.2, 0.25) is 0 Å². The summed E-state index contributed by atoms with van der Waals surface area (Å²) < 4.78 is 0.823. The van der Waals surface area contributed by atoms with Crippen molar-refractivity contribution < 1.29 is 4.79 Å². The molecule has 1 saturated heterocycles. The van der Waals surface area contributed by atoms with Crippen LogP contribution in [-0.4, -0.2) is 39.8 Å². The van der Waals surface area contributed by atoms with Gasteiger partial charge in [-0.1, -0.05) is 56.0 Å².